The van der Waals surface area contributed by atoms with Gasteiger partial charge in [0.25, 0.3) is 5.91 Å². The van der Waals surface area contributed by atoms with Gasteiger partial charge in [-0.3, -0.25) is 4.79 Å². The van der Waals surface area contributed by atoms with Crippen LogP contribution in [0.2, 0.25) is 0 Å². The van der Waals surface area contributed by atoms with Crippen LogP contribution in [0.3, 0.4) is 0 Å². The van der Waals surface area contributed by atoms with Crippen molar-refractivity contribution in [1.82, 2.24) is 5.32 Å². The van der Waals surface area contributed by atoms with Crippen molar-refractivity contribution in [2.75, 3.05) is 6.61 Å². The summed E-state index contributed by atoms with van der Waals surface area (Å²) in [5.74, 6) is -0.975. The maximum Gasteiger partial charge on any atom is 0.255 e. The average molecular weight is 201 g/mol. The fraction of sp³-hybridized carbons (Fsp3) is 0.889. The van der Waals surface area contributed by atoms with Crippen molar-refractivity contribution in [3.05, 3.63) is 0 Å². The van der Waals surface area contributed by atoms with E-state index in [1.54, 1.807) is 20.8 Å². The second-order valence-electron chi connectivity index (χ2n) is 4.41. The first-order valence-corrected chi connectivity index (χ1v) is 4.69. The first-order valence-electron chi connectivity index (χ1n) is 4.69. The van der Waals surface area contributed by atoms with Crippen LogP contribution in [-0.4, -0.2) is 41.2 Å². The lowest BCUT2D eigenvalue weighted by Gasteiger charge is -2.21. The number of rotatable bonds is 1. The lowest BCUT2D eigenvalue weighted by atomic mass is 9.99. The molecular formula is C9H15NO4. The molecule has 14 heavy (non-hydrogen) atoms. The quantitative estimate of drug-likeness (QED) is 0.593. The number of amides is 1. The molecule has 3 atom stereocenters. The molecule has 2 aliphatic heterocycles. The fourth-order valence-electron chi connectivity index (χ4n) is 2.18. The van der Waals surface area contributed by atoms with Crippen molar-refractivity contribution in [2.45, 2.75) is 44.3 Å². The van der Waals surface area contributed by atoms with E-state index in [0.717, 1.165) is 0 Å². The van der Waals surface area contributed by atoms with Gasteiger partial charge in [-0.25, -0.2) is 0 Å². The van der Waals surface area contributed by atoms with Gasteiger partial charge in [0.05, 0.1) is 12.6 Å². The Morgan fingerprint density at radius 3 is 2.71 bits per heavy atom. The Balaban J connectivity index is 2.30. The molecular weight excluding hydrogens is 186 g/mol. The second kappa shape index (κ2) is 2.68. The van der Waals surface area contributed by atoms with E-state index in [9.17, 15) is 4.79 Å². The molecule has 0 radical (unpaired) electrons. The van der Waals surface area contributed by atoms with Crippen molar-refractivity contribution in [2.24, 2.45) is 0 Å². The van der Waals surface area contributed by atoms with E-state index in [0.29, 0.717) is 0 Å². The molecule has 80 valence electrons. The Kier molecular flexibility index (Phi) is 1.90. The maximum atomic E-state index is 11.6. The zero-order chi connectivity index (χ0) is 10.6. The van der Waals surface area contributed by atoms with Crippen molar-refractivity contribution in [3.8, 4) is 0 Å². The number of aliphatic hydroxyl groups excluding tert-OH is 1. The summed E-state index contributed by atoms with van der Waals surface area (Å²) in [6.07, 6.45) is -0.407. The van der Waals surface area contributed by atoms with E-state index in [1.165, 1.54) is 0 Å². The summed E-state index contributed by atoms with van der Waals surface area (Å²) in [5, 5.41) is 11.7. The van der Waals surface area contributed by atoms with E-state index < -0.39 is 17.5 Å². The molecule has 0 saturated carbocycles. The largest absolute Gasteiger partial charge is 0.394 e. The summed E-state index contributed by atoms with van der Waals surface area (Å²) in [6.45, 7) is 5.08. The molecule has 0 aromatic rings. The van der Waals surface area contributed by atoms with E-state index in [4.69, 9.17) is 14.6 Å². The van der Waals surface area contributed by atoms with E-state index in [-0.39, 0.29) is 18.6 Å². The van der Waals surface area contributed by atoms with Gasteiger partial charge in [-0.1, -0.05) is 0 Å². The van der Waals surface area contributed by atoms with Crippen LogP contribution >= 0.6 is 0 Å². The van der Waals surface area contributed by atoms with Crippen LogP contribution in [0.4, 0.5) is 0 Å². The topological polar surface area (TPSA) is 67.8 Å². The third-order valence-corrected chi connectivity index (χ3v) is 2.74. The molecule has 2 fully saturated rings. The molecule has 0 bridgehead atoms. The van der Waals surface area contributed by atoms with Crippen molar-refractivity contribution in [3.63, 3.8) is 0 Å². The molecule has 2 rings (SSSR count). The molecule has 5 nitrogen and oxygen atoms in total. The number of carbonyl (C=O) groups is 1. The summed E-state index contributed by atoms with van der Waals surface area (Å²) in [6, 6.07) is -0.366. The van der Waals surface area contributed by atoms with Gasteiger partial charge in [0, 0.05) is 0 Å². The van der Waals surface area contributed by atoms with Crippen LogP contribution in [0.5, 0.6) is 0 Å². The van der Waals surface area contributed by atoms with Crippen LogP contribution in [0, 0.1) is 0 Å². The molecule has 0 aromatic heterocycles. The van der Waals surface area contributed by atoms with Crippen molar-refractivity contribution in [1.29, 1.82) is 0 Å². The Bertz CT molecular complexity index is 278. The number of fused-ring (bicyclic) bond motifs is 1. The highest BCUT2D eigenvalue weighted by atomic mass is 16.8. The minimum atomic E-state index is -0.961. The van der Waals surface area contributed by atoms with E-state index in [2.05, 4.69) is 5.32 Å². The Morgan fingerprint density at radius 2 is 2.14 bits per heavy atom. The monoisotopic (exact) mass is 201 g/mol. The van der Waals surface area contributed by atoms with Gasteiger partial charge in [-0.15, -0.1) is 0 Å². The summed E-state index contributed by atoms with van der Waals surface area (Å²) in [5.41, 5.74) is -0.961. The van der Waals surface area contributed by atoms with E-state index >= 15 is 0 Å². The molecule has 2 saturated heterocycles. The summed E-state index contributed by atoms with van der Waals surface area (Å²) in [7, 11) is 0. The SMILES string of the molecule is CC1(C)O[C@@H]2[C@@H](CO)NC(=O)[C@]2(C)O1. The molecule has 2 heterocycles. The standard InChI is InChI=1S/C9H15NO4/c1-8(2)13-6-5(4-11)10-7(12)9(6,3)14-8/h5-6,11H,4H2,1-3H3,(H,10,12)/t5-,6-,9-/m1/s1. The number of hydrogen-bond donors (Lipinski definition) is 2. The molecule has 5 heteroatoms. The van der Waals surface area contributed by atoms with Gasteiger partial charge in [0.2, 0.25) is 0 Å². The highest BCUT2D eigenvalue weighted by Crippen LogP contribution is 2.41. The minimum absolute atomic E-state index is 0.133. The smallest absolute Gasteiger partial charge is 0.255 e. The van der Waals surface area contributed by atoms with Crippen LogP contribution < -0.4 is 5.32 Å². The zero-order valence-corrected chi connectivity index (χ0v) is 8.53. The third-order valence-electron chi connectivity index (χ3n) is 2.74. The van der Waals surface area contributed by atoms with Gasteiger partial charge < -0.3 is 19.9 Å². The number of nitrogens with one attached hydrogen (secondary N) is 1. The summed E-state index contributed by atoms with van der Waals surface area (Å²) < 4.78 is 11.1. The predicted octanol–water partition coefficient (Wildman–Crippen LogP) is -0.613. The van der Waals surface area contributed by atoms with Crippen molar-refractivity contribution < 1.29 is 19.4 Å². The molecule has 0 aromatic carbocycles. The number of carbonyl (C=O) groups excluding carboxylic acids is 1. The van der Waals surface area contributed by atoms with Crippen LogP contribution in [0.25, 0.3) is 0 Å². The highest BCUT2D eigenvalue weighted by molar-refractivity contribution is 5.89. The normalized spacial score (nSPS) is 45.0. The first kappa shape index (κ1) is 9.89. The Labute approximate surface area is 82.4 Å². The lowest BCUT2D eigenvalue weighted by molar-refractivity contribution is -0.175. The van der Waals surface area contributed by atoms with Gasteiger partial charge >= 0.3 is 0 Å². The second-order valence-corrected chi connectivity index (χ2v) is 4.41. The minimum Gasteiger partial charge on any atom is -0.394 e. The van der Waals surface area contributed by atoms with Crippen molar-refractivity contribution >= 4 is 5.91 Å². The van der Waals surface area contributed by atoms with Crippen LogP contribution in [0.1, 0.15) is 20.8 Å². The van der Waals surface area contributed by atoms with Gasteiger partial charge in [-0.2, -0.15) is 0 Å². The molecule has 0 spiro atoms. The molecule has 2 N–H and O–H groups in total. The predicted molar refractivity (Wildman–Crippen MR) is 47.5 cm³/mol. The van der Waals surface area contributed by atoms with Gasteiger partial charge in [0.15, 0.2) is 11.4 Å². The Morgan fingerprint density at radius 1 is 1.50 bits per heavy atom. The van der Waals surface area contributed by atoms with E-state index in [1.807, 2.05) is 0 Å². The molecule has 2 aliphatic rings. The third kappa shape index (κ3) is 1.16. The van der Waals surface area contributed by atoms with Gasteiger partial charge in [-0.05, 0) is 20.8 Å². The Hall–Kier alpha value is -0.650. The lowest BCUT2D eigenvalue weighted by Crippen LogP contribution is -2.41. The average Bonchev–Trinajstić information content (AvgIpc) is 2.42. The summed E-state index contributed by atoms with van der Waals surface area (Å²) in [4.78, 5) is 11.6. The number of ether oxygens (including phenoxy) is 2. The fourth-order valence-corrected chi connectivity index (χ4v) is 2.18. The van der Waals surface area contributed by atoms with Crippen LogP contribution in [0.15, 0.2) is 0 Å². The molecule has 0 unspecified atom stereocenters. The first-order chi connectivity index (χ1) is 6.39. The molecule has 0 aliphatic carbocycles. The highest BCUT2D eigenvalue weighted by Gasteiger charge is 2.62. The van der Waals surface area contributed by atoms with Crippen LogP contribution in [-0.2, 0) is 14.3 Å². The number of hydrogen-bond acceptors (Lipinski definition) is 4. The maximum absolute atomic E-state index is 11.6. The summed E-state index contributed by atoms with van der Waals surface area (Å²) >= 11 is 0. The zero-order valence-electron chi connectivity index (χ0n) is 8.53. The molecule has 1 amide bonds. The number of aliphatic hydroxyl groups is 1. The van der Waals surface area contributed by atoms with Gasteiger partial charge in [0.1, 0.15) is 6.10 Å².